The van der Waals surface area contributed by atoms with Crippen LogP contribution in [0.15, 0.2) is 58.0 Å². The third-order valence-corrected chi connectivity index (χ3v) is 5.70. The maximum atomic E-state index is 12.8. The SMILES string of the molecule is C=CCN=C(CCC(=NCC=C)C1=C(O)CC(C)(C)CC1=O)C1=C(O)CC(C)(C)CC1=O. The Balaban J connectivity index is 2.39. The van der Waals surface area contributed by atoms with E-state index in [1.807, 2.05) is 27.7 Å². The highest BCUT2D eigenvalue weighted by Crippen LogP contribution is 2.38. The van der Waals surface area contributed by atoms with Gasteiger partial charge in [0.15, 0.2) is 11.6 Å². The maximum absolute atomic E-state index is 12.8. The van der Waals surface area contributed by atoms with E-state index >= 15 is 0 Å². The van der Waals surface area contributed by atoms with Crippen molar-refractivity contribution in [1.82, 2.24) is 0 Å². The second-order valence-corrected chi connectivity index (χ2v) is 10.2. The summed E-state index contributed by atoms with van der Waals surface area (Å²) in [7, 11) is 0. The molecule has 0 spiro atoms. The van der Waals surface area contributed by atoms with E-state index in [1.165, 1.54) is 0 Å². The smallest absolute Gasteiger partial charge is 0.168 e. The fourth-order valence-corrected chi connectivity index (χ4v) is 4.38. The molecule has 0 atom stereocenters. The molecule has 6 heteroatoms. The van der Waals surface area contributed by atoms with Crippen molar-refractivity contribution in [3.8, 4) is 0 Å². The zero-order valence-electron chi connectivity index (χ0n) is 19.8. The molecule has 32 heavy (non-hydrogen) atoms. The monoisotopic (exact) mass is 440 g/mol. The molecule has 2 rings (SSSR count). The lowest BCUT2D eigenvalue weighted by atomic mass is 9.74. The van der Waals surface area contributed by atoms with Gasteiger partial charge in [-0.1, -0.05) is 39.8 Å². The molecule has 2 aliphatic carbocycles. The molecule has 0 aliphatic heterocycles. The lowest BCUT2D eigenvalue weighted by Gasteiger charge is -2.31. The number of rotatable bonds is 9. The summed E-state index contributed by atoms with van der Waals surface area (Å²) in [6, 6.07) is 0. The molecule has 0 saturated carbocycles. The highest BCUT2D eigenvalue weighted by atomic mass is 16.3. The van der Waals surface area contributed by atoms with Crippen molar-refractivity contribution in [3.05, 3.63) is 48.0 Å². The number of hydrogen-bond acceptors (Lipinski definition) is 6. The Kier molecular flexibility index (Phi) is 8.16. The summed E-state index contributed by atoms with van der Waals surface area (Å²) in [5, 5.41) is 21.3. The molecule has 0 aromatic rings. The first-order chi connectivity index (χ1) is 14.9. The van der Waals surface area contributed by atoms with Crippen LogP contribution in [0.5, 0.6) is 0 Å². The average molecular weight is 441 g/mol. The summed E-state index contributed by atoms with van der Waals surface area (Å²) in [4.78, 5) is 34.7. The van der Waals surface area contributed by atoms with Gasteiger partial charge in [-0.25, -0.2) is 0 Å². The van der Waals surface area contributed by atoms with E-state index in [2.05, 4.69) is 23.1 Å². The molecule has 0 aromatic heterocycles. The Bertz CT molecular complexity index is 853. The summed E-state index contributed by atoms with van der Waals surface area (Å²) >= 11 is 0. The van der Waals surface area contributed by atoms with Crippen molar-refractivity contribution in [2.45, 2.75) is 66.2 Å². The highest BCUT2D eigenvalue weighted by Gasteiger charge is 2.37. The minimum atomic E-state index is -0.303. The van der Waals surface area contributed by atoms with Gasteiger partial charge in [-0.15, -0.1) is 13.2 Å². The van der Waals surface area contributed by atoms with E-state index in [9.17, 15) is 19.8 Å². The summed E-state index contributed by atoms with van der Waals surface area (Å²) in [5.41, 5.74) is 0.897. The molecule has 0 heterocycles. The minimum Gasteiger partial charge on any atom is -0.511 e. The molecule has 0 saturated heterocycles. The molecular weight excluding hydrogens is 404 g/mol. The van der Waals surface area contributed by atoms with Gasteiger partial charge in [0.05, 0.1) is 24.2 Å². The number of carbonyl (C=O) groups excluding carboxylic acids is 2. The van der Waals surface area contributed by atoms with Crippen molar-refractivity contribution in [1.29, 1.82) is 0 Å². The quantitative estimate of drug-likeness (QED) is 0.369. The lowest BCUT2D eigenvalue weighted by Crippen LogP contribution is -2.31. The standard InChI is InChI=1S/C26H36N2O4/c1-7-11-27-17(23-19(29)13-25(3,4)14-20(23)30)9-10-18(28-12-8-2)24-21(31)15-26(5,6)16-22(24)32/h7-8,29,31H,1-2,9-16H2,3-6H3. The molecule has 2 aliphatic rings. The number of aliphatic hydroxyl groups is 2. The Morgan fingerprint density at radius 1 is 0.781 bits per heavy atom. The van der Waals surface area contributed by atoms with Gasteiger partial charge in [-0.3, -0.25) is 19.6 Å². The van der Waals surface area contributed by atoms with Gasteiger partial charge in [-0.05, 0) is 23.7 Å². The summed E-state index contributed by atoms with van der Waals surface area (Å²) in [5.74, 6) is -0.167. The van der Waals surface area contributed by atoms with Crippen molar-refractivity contribution in [2.24, 2.45) is 20.8 Å². The predicted octanol–water partition coefficient (Wildman–Crippen LogP) is 5.42. The van der Waals surface area contributed by atoms with E-state index in [1.54, 1.807) is 12.2 Å². The Labute approximate surface area is 191 Å². The van der Waals surface area contributed by atoms with Crippen LogP contribution in [0.1, 0.15) is 66.2 Å². The number of hydrogen-bond donors (Lipinski definition) is 2. The summed E-state index contributed by atoms with van der Waals surface area (Å²) in [6.45, 7) is 15.8. The normalized spacial score (nSPS) is 21.8. The molecule has 174 valence electrons. The van der Waals surface area contributed by atoms with Crippen molar-refractivity contribution >= 4 is 23.0 Å². The number of aliphatic imine (C=N–C) groups is 2. The van der Waals surface area contributed by atoms with Crippen LogP contribution in [0.4, 0.5) is 0 Å². The van der Waals surface area contributed by atoms with E-state index in [-0.39, 0.29) is 45.1 Å². The second kappa shape index (κ2) is 10.2. The molecule has 0 aromatic carbocycles. The van der Waals surface area contributed by atoms with Gasteiger partial charge < -0.3 is 10.2 Å². The van der Waals surface area contributed by atoms with Crippen molar-refractivity contribution in [2.75, 3.05) is 13.1 Å². The highest BCUT2D eigenvalue weighted by molar-refractivity contribution is 6.26. The number of carbonyl (C=O) groups is 2. The van der Waals surface area contributed by atoms with Gasteiger partial charge >= 0.3 is 0 Å². The first-order valence-electron chi connectivity index (χ1n) is 11.1. The van der Waals surface area contributed by atoms with Gasteiger partial charge in [0.25, 0.3) is 0 Å². The average Bonchev–Trinajstić information content (AvgIpc) is 2.63. The van der Waals surface area contributed by atoms with E-state index in [0.717, 1.165) is 0 Å². The molecule has 2 N–H and O–H groups in total. The van der Waals surface area contributed by atoms with Gasteiger partial charge in [0.2, 0.25) is 0 Å². The van der Waals surface area contributed by atoms with Gasteiger partial charge in [0.1, 0.15) is 11.5 Å². The Morgan fingerprint density at radius 2 is 1.12 bits per heavy atom. The molecule has 0 radical (unpaired) electrons. The largest absolute Gasteiger partial charge is 0.511 e. The van der Waals surface area contributed by atoms with E-state index < -0.39 is 0 Å². The fourth-order valence-electron chi connectivity index (χ4n) is 4.38. The van der Waals surface area contributed by atoms with Crippen LogP contribution in [0.3, 0.4) is 0 Å². The van der Waals surface area contributed by atoms with Gasteiger partial charge in [0, 0.05) is 37.1 Å². The molecule has 0 fully saturated rings. The van der Waals surface area contributed by atoms with Crippen molar-refractivity contribution in [3.63, 3.8) is 0 Å². The van der Waals surface area contributed by atoms with Crippen LogP contribution in [-0.4, -0.2) is 46.3 Å². The first-order valence-corrected chi connectivity index (χ1v) is 11.1. The molecule has 0 bridgehead atoms. The lowest BCUT2D eigenvalue weighted by molar-refractivity contribution is -0.118. The van der Waals surface area contributed by atoms with Crippen LogP contribution in [0.25, 0.3) is 0 Å². The van der Waals surface area contributed by atoms with Crippen molar-refractivity contribution < 1.29 is 19.8 Å². The topological polar surface area (TPSA) is 99.3 Å². The van der Waals surface area contributed by atoms with Crippen LogP contribution in [0.2, 0.25) is 0 Å². The first kappa shape index (κ1) is 25.5. The Morgan fingerprint density at radius 3 is 1.41 bits per heavy atom. The fraction of sp³-hybridized carbons (Fsp3) is 0.538. The second-order valence-electron chi connectivity index (χ2n) is 10.2. The minimum absolute atomic E-state index is 0.0520. The van der Waals surface area contributed by atoms with Crippen LogP contribution in [0, 0.1) is 10.8 Å². The molecule has 0 unspecified atom stereocenters. The van der Waals surface area contributed by atoms with E-state index in [0.29, 0.717) is 63.0 Å². The number of Topliss-reactive ketones (excluding diaryl/α,β-unsaturated/α-hetero) is 2. The third-order valence-electron chi connectivity index (χ3n) is 5.70. The molecule has 0 amide bonds. The zero-order chi connectivity index (χ0) is 24.1. The summed E-state index contributed by atoms with van der Waals surface area (Å²) < 4.78 is 0. The summed E-state index contributed by atoms with van der Waals surface area (Å²) in [6.07, 6.45) is 5.33. The number of nitrogens with zero attached hydrogens (tertiary/aromatic N) is 2. The zero-order valence-corrected chi connectivity index (χ0v) is 19.8. The number of ketones is 2. The third kappa shape index (κ3) is 6.38. The number of allylic oxidation sites excluding steroid dienone is 4. The van der Waals surface area contributed by atoms with Crippen LogP contribution < -0.4 is 0 Å². The molecular formula is C26H36N2O4. The molecule has 6 nitrogen and oxygen atoms in total. The van der Waals surface area contributed by atoms with E-state index in [4.69, 9.17) is 0 Å². The van der Waals surface area contributed by atoms with Gasteiger partial charge in [-0.2, -0.15) is 0 Å². The predicted molar refractivity (Wildman–Crippen MR) is 130 cm³/mol. The van der Waals surface area contributed by atoms with Crippen LogP contribution in [-0.2, 0) is 9.59 Å². The Hall–Kier alpha value is -2.76. The number of aliphatic hydroxyl groups excluding tert-OH is 2. The van der Waals surface area contributed by atoms with Crippen LogP contribution >= 0.6 is 0 Å². The maximum Gasteiger partial charge on any atom is 0.168 e.